The molecule has 33 heavy (non-hydrogen) atoms. The molecule has 0 atom stereocenters. The third kappa shape index (κ3) is 4.14. The molecule has 2 heterocycles. The summed E-state index contributed by atoms with van der Waals surface area (Å²) in [6, 6.07) is 5.18. The number of fused-ring (bicyclic) bond motifs is 1. The van der Waals surface area contributed by atoms with Crippen molar-refractivity contribution in [3.63, 3.8) is 0 Å². The van der Waals surface area contributed by atoms with E-state index in [0.29, 0.717) is 12.2 Å². The van der Waals surface area contributed by atoms with E-state index in [1.165, 1.54) is 33.7 Å². The zero-order chi connectivity index (χ0) is 23.1. The summed E-state index contributed by atoms with van der Waals surface area (Å²) in [5.74, 6) is 5.77. The molecule has 0 bridgehead atoms. The number of carbonyl (C=O) groups is 1. The highest BCUT2D eigenvalue weighted by Gasteiger charge is 2.34. The van der Waals surface area contributed by atoms with Gasteiger partial charge in [-0.2, -0.15) is 0 Å². The highest BCUT2D eigenvalue weighted by Crippen LogP contribution is 2.36. The molecule has 0 aliphatic heterocycles. The van der Waals surface area contributed by atoms with Crippen molar-refractivity contribution >= 4 is 17.3 Å². The largest absolute Gasteiger partial charge is 0.416 e. The number of carbonyl (C=O) groups excluding carboxylic acids is 1. The first-order chi connectivity index (χ1) is 16.0. The fourth-order valence-corrected chi connectivity index (χ4v) is 3.67. The monoisotopic (exact) mass is 451 g/mol. The number of imidazole rings is 1. The Labute approximate surface area is 187 Å². The van der Waals surface area contributed by atoms with E-state index < -0.39 is 11.9 Å². The molecular weight excluding hydrogens is 429 g/mol. The Hall–Kier alpha value is -3.87. The maximum absolute atomic E-state index is 13.0. The fourth-order valence-electron chi connectivity index (χ4n) is 3.67. The van der Waals surface area contributed by atoms with Crippen molar-refractivity contribution in [1.82, 2.24) is 24.0 Å². The topological polar surface area (TPSA) is 102 Å². The summed E-state index contributed by atoms with van der Waals surface area (Å²) >= 11 is 0. The van der Waals surface area contributed by atoms with Crippen molar-refractivity contribution in [1.29, 1.82) is 0 Å². The molecule has 2 fully saturated rings. The van der Waals surface area contributed by atoms with Crippen LogP contribution in [0.1, 0.15) is 50.5 Å². The van der Waals surface area contributed by atoms with E-state index in [0.717, 1.165) is 25.7 Å². The van der Waals surface area contributed by atoms with Crippen LogP contribution >= 0.6 is 0 Å². The van der Waals surface area contributed by atoms with Crippen LogP contribution in [0.25, 0.3) is 11.2 Å². The van der Waals surface area contributed by atoms with Crippen molar-refractivity contribution in [2.75, 3.05) is 13.1 Å². The average Bonchev–Trinajstić information content (AvgIpc) is 3.72. The molecule has 0 unspecified atom stereocenters. The van der Waals surface area contributed by atoms with Crippen LogP contribution in [0, 0.1) is 17.7 Å². The van der Waals surface area contributed by atoms with Gasteiger partial charge in [-0.1, -0.05) is 5.92 Å². The number of halogens is 1. The third-order valence-electron chi connectivity index (χ3n) is 5.72. The van der Waals surface area contributed by atoms with Crippen molar-refractivity contribution in [2.45, 2.75) is 44.7 Å². The quantitative estimate of drug-likeness (QED) is 0.601. The lowest BCUT2D eigenvalue weighted by Gasteiger charge is -2.17. The highest BCUT2D eigenvalue weighted by molar-refractivity contribution is 5.72. The standard InChI is InChI=1S/C23H22FN5O4/c1-2-27(23(32)33-17-11-5-14(24)6-12-17)13-3-4-18-25-19-20(26-18)28(15-7-8-15)22(31)29(21(19)30)16-9-10-16/h5-6,11-12,15-16H,2,7-10,13H2,1H3,(H,25,26). The number of rotatable bonds is 5. The predicted octanol–water partition coefficient (Wildman–Crippen LogP) is 2.57. The van der Waals surface area contributed by atoms with Crippen LogP contribution < -0.4 is 16.0 Å². The lowest BCUT2D eigenvalue weighted by molar-refractivity contribution is 0.160. The van der Waals surface area contributed by atoms with Crippen LogP contribution in [-0.4, -0.2) is 43.2 Å². The predicted molar refractivity (Wildman–Crippen MR) is 118 cm³/mol. The molecule has 0 saturated heterocycles. The van der Waals surface area contributed by atoms with Crippen molar-refractivity contribution in [3.05, 3.63) is 56.7 Å². The number of nitrogens with zero attached hydrogens (tertiary/aromatic N) is 4. The highest BCUT2D eigenvalue weighted by atomic mass is 19.1. The number of nitrogens with one attached hydrogen (secondary N) is 1. The summed E-state index contributed by atoms with van der Waals surface area (Å²) in [4.78, 5) is 46.9. The first-order valence-corrected chi connectivity index (χ1v) is 10.9. The molecular formula is C23H22FN5O4. The van der Waals surface area contributed by atoms with Crippen LogP contribution in [-0.2, 0) is 0 Å². The molecule has 1 aromatic carbocycles. The summed E-state index contributed by atoms with van der Waals surface area (Å²) in [6.45, 7) is 2.20. The van der Waals surface area contributed by atoms with Gasteiger partial charge in [0.05, 0.1) is 6.54 Å². The summed E-state index contributed by atoms with van der Waals surface area (Å²) in [5.41, 5.74) is -0.0604. The summed E-state index contributed by atoms with van der Waals surface area (Å²) in [7, 11) is 0. The molecule has 3 aromatic rings. The summed E-state index contributed by atoms with van der Waals surface area (Å²) in [5, 5.41) is 0. The van der Waals surface area contributed by atoms with E-state index in [9.17, 15) is 18.8 Å². The Balaban J connectivity index is 1.38. The minimum atomic E-state index is -0.613. The number of ether oxygens (including phenoxy) is 1. The molecule has 0 spiro atoms. The van der Waals surface area contributed by atoms with Crippen LogP contribution in [0.4, 0.5) is 9.18 Å². The molecule has 170 valence electrons. The van der Waals surface area contributed by atoms with Crippen LogP contribution in [0.2, 0.25) is 0 Å². The average molecular weight is 451 g/mol. The number of aromatic nitrogens is 4. The number of H-pyrrole nitrogens is 1. The second-order valence-corrected chi connectivity index (χ2v) is 8.21. The van der Waals surface area contributed by atoms with Gasteiger partial charge in [-0.3, -0.25) is 18.8 Å². The molecule has 5 rings (SSSR count). The van der Waals surface area contributed by atoms with Gasteiger partial charge in [-0.15, -0.1) is 0 Å². The van der Waals surface area contributed by atoms with Gasteiger partial charge in [0.1, 0.15) is 11.6 Å². The molecule has 1 N–H and O–H groups in total. The van der Waals surface area contributed by atoms with Gasteiger partial charge in [0.15, 0.2) is 17.0 Å². The molecule has 1 amide bonds. The minimum Gasteiger partial charge on any atom is -0.410 e. The fraction of sp³-hybridized carbons (Fsp3) is 0.391. The maximum Gasteiger partial charge on any atom is 0.416 e. The Bertz CT molecular complexity index is 1400. The molecule has 0 radical (unpaired) electrons. The van der Waals surface area contributed by atoms with Crippen LogP contribution in [0.15, 0.2) is 33.9 Å². The van der Waals surface area contributed by atoms with Gasteiger partial charge in [0.2, 0.25) is 0 Å². The molecule has 10 heteroatoms. The van der Waals surface area contributed by atoms with Crippen molar-refractivity contribution in [3.8, 4) is 17.6 Å². The number of hydrogen-bond donors (Lipinski definition) is 1. The van der Waals surface area contributed by atoms with Gasteiger partial charge in [-0.05, 0) is 62.8 Å². The first kappa shape index (κ1) is 21.0. The second kappa shape index (κ2) is 8.24. The van der Waals surface area contributed by atoms with Gasteiger partial charge >= 0.3 is 11.8 Å². The zero-order valence-corrected chi connectivity index (χ0v) is 18.0. The second-order valence-electron chi connectivity index (χ2n) is 8.21. The van der Waals surface area contributed by atoms with E-state index in [2.05, 4.69) is 21.8 Å². The third-order valence-corrected chi connectivity index (χ3v) is 5.72. The van der Waals surface area contributed by atoms with E-state index in [1.54, 1.807) is 11.5 Å². The van der Waals surface area contributed by atoms with Crippen LogP contribution in [0.5, 0.6) is 5.75 Å². The van der Waals surface area contributed by atoms with E-state index in [4.69, 9.17) is 4.74 Å². The lowest BCUT2D eigenvalue weighted by atomic mass is 10.3. The molecule has 2 saturated carbocycles. The minimum absolute atomic E-state index is 0.0394. The van der Waals surface area contributed by atoms with Crippen molar-refractivity contribution in [2.24, 2.45) is 0 Å². The van der Waals surface area contributed by atoms with Crippen molar-refractivity contribution < 1.29 is 13.9 Å². The van der Waals surface area contributed by atoms with Gasteiger partial charge in [0, 0.05) is 18.6 Å². The molecule has 2 aromatic heterocycles. The summed E-state index contributed by atoms with van der Waals surface area (Å²) in [6.07, 6.45) is 2.80. The number of aromatic amines is 1. The molecule has 2 aliphatic carbocycles. The van der Waals surface area contributed by atoms with E-state index >= 15 is 0 Å². The molecule has 9 nitrogen and oxygen atoms in total. The molecule has 2 aliphatic rings. The summed E-state index contributed by atoms with van der Waals surface area (Å²) < 4.78 is 21.2. The Morgan fingerprint density at radius 3 is 2.48 bits per heavy atom. The number of hydrogen-bond acceptors (Lipinski definition) is 5. The Kier molecular flexibility index (Phi) is 5.24. The van der Waals surface area contributed by atoms with Crippen LogP contribution in [0.3, 0.4) is 0 Å². The zero-order valence-electron chi connectivity index (χ0n) is 18.0. The normalized spacial score (nSPS) is 15.2. The number of amides is 1. The SMILES string of the molecule is CCN(CC#Cc1nc2c([nH]1)c(=O)n(C1CC1)c(=O)n2C1CC1)C(=O)Oc1ccc(F)cc1. The van der Waals surface area contributed by atoms with Gasteiger partial charge in [-0.25, -0.2) is 19.0 Å². The Morgan fingerprint density at radius 2 is 1.85 bits per heavy atom. The van der Waals surface area contributed by atoms with E-state index in [-0.39, 0.29) is 47.0 Å². The van der Waals surface area contributed by atoms with Gasteiger partial charge in [0.25, 0.3) is 5.56 Å². The van der Waals surface area contributed by atoms with E-state index in [1.807, 2.05) is 0 Å². The first-order valence-electron chi connectivity index (χ1n) is 10.9. The lowest BCUT2D eigenvalue weighted by Crippen LogP contribution is -2.39. The smallest absolute Gasteiger partial charge is 0.410 e. The van der Waals surface area contributed by atoms with Gasteiger partial charge < -0.3 is 9.72 Å². The maximum atomic E-state index is 13.0. The Morgan fingerprint density at radius 1 is 1.18 bits per heavy atom. The number of benzene rings is 1.